The van der Waals surface area contributed by atoms with E-state index in [1.54, 1.807) is 0 Å². The summed E-state index contributed by atoms with van der Waals surface area (Å²) >= 11 is 0. The number of aliphatic hydroxyl groups is 1. The monoisotopic (exact) mass is 363 g/mol. The van der Waals surface area contributed by atoms with Crippen LogP contribution in [0.4, 0.5) is 5.95 Å². The first-order chi connectivity index (χ1) is 12.4. The zero-order valence-corrected chi connectivity index (χ0v) is 15.9. The maximum absolute atomic E-state index is 12.1. The zero-order valence-electron chi connectivity index (χ0n) is 15.9. The van der Waals surface area contributed by atoms with Crippen LogP contribution >= 0.6 is 0 Å². The van der Waals surface area contributed by atoms with Crippen molar-refractivity contribution in [3.8, 4) is 0 Å². The molecule has 0 spiro atoms. The van der Waals surface area contributed by atoms with Crippen molar-refractivity contribution in [2.45, 2.75) is 25.0 Å². The molecule has 1 N–H and O–H groups in total. The van der Waals surface area contributed by atoms with Gasteiger partial charge in [-0.15, -0.1) is 0 Å². The van der Waals surface area contributed by atoms with Crippen molar-refractivity contribution < 1.29 is 14.6 Å². The van der Waals surface area contributed by atoms with Gasteiger partial charge in [0.1, 0.15) is 6.61 Å². The lowest BCUT2D eigenvalue weighted by molar-refractivity contribution is -0.150. The minimum atomic E-state index is -0.661. The molecule has 144 valence electrons. The van der Waals surface area contributed by atoms with E-state index >= 15 is 0 Å². The summed E-state index contributed by atoms with van der Waals surface area (Å²) in [5.41, 5.74) is 0.398. The van der Waals surface area contributed by atoms with Crippen LogP contribution in [0.5, 0.6) is 0 Å². The van der Waals surface area contributed by atoms with Gasteiger partial charge in [0.2, 0.25) is 11.9 Å². The first-order valence-electron chi connectivity index (χ1n) is 9.11. The highest BCUT2D eigenvalue weighted by atomic mass is 16.5. The normalized spacial score (nSPS) is 26.5. The number of ether oxygens (including phenoxy) is 1. The number of hydrogen-bond acceptors (Lipinski definition) is 7. The molecule has 2 aliphatic heterocycles. The van der Waals surface area contributed by atoms with Gasteiger partial charge in [-0.25, -0.2) is 9.97 Å². The van der Waals surface area contributed by atoms with E-state index in [0.717, 1.165) is 31.6 Å². The summed E-state index contributed by atoms with van der Waals surface area (Å²) in [5.74, 6) is 0.758. The summed E-state index contributed by atoms with van der Waals surface area (Å²) in [6, 6.07) is 0. The number of rotatable bonds is 5. The van der Waals surface area contributed by atoms with Gasteiger partial charge in [0.15, 0.2) is 0 Å². The van der Waals surface area contributed by atoms with Crippen LogP contribution in [0.1, 0.15) is 18.4 Å². The second-order valence-electron chi connectivity index (χ2n) is 7.59. The van der Waals surface area contributed by atoms with Crippen LogP contribution in [0.15, 0.2) is 12.4 Å². The molecule has 2 atom stereocenters. The lowest BCUT2D eigenvalue weighted by Gasteiger charge is -2.50. The van der Waals surface area contributed by atoms with Crippen LogP contribution in [-0.4, -0.2) is 90.4 Å². The molecule has 1 aromatic rings. The molecule has 8 nitrogen and oxygen atoms in total. The van der Waals surface area contributed by atoms with Gasteiger partial charge < -0.3 is 19.6 Å². The highest BCUT2D eigenvalue weighted by Gasteiger charge is 2.45. The Hall–Kier alpha value is -1.77. The minimum absolute atomic E-state index is 0.000604. The average Bonchev–Trinajstić information content (AvgIpc) is 2.62. The summed E-state index contributed by atoms with van der Waals surface area (Å²) < 4.78 is 4.96. The highest BCUT2D eigenvalue weighted by molar-refractivity contribution is 5.77. The summed E-state index contributed by atoms with van der Waals surface area (Å²) in [6.45, 7) is 3.66. The number of methoxy groups -OCH3 is 1. The molecule has 2 aliphatic rings. The molecule has 0 aromatic carbocycles. The number of carbonyl (C=O) groups excluding carboxylic acids is 1. The van der Waals surface area contributed by atoms with Crippen LogP contribution in [0.25, 0.3) is 0 Å². The largest absolute Gasteiger partial charge is 0.389 e. The van der Waals surface area contributed by atoms with Crippen LogP contribution in [-0.2, 0) is 16.1 Å². The van der Waals surface area contributed by atoms with Crippen LogP contribution < -0.4 is 4.90 Å². The van der Waals surface area contributed by atoms with E-state index < -0.39 is 5.60 Å². The fraction of sp³-hybridized carbons (Fsp3) is 0.722. The van der Waals surface area contributed by atoms with Gasteiger partial charge >= 0.3 is 0 Å². The third kappa shape index (κ3) is 4.13. The maximum Gasteiger partial charge on any atom is 0.248 e. The molecule has 1 aromatic heterocycles. The van der Waals surface area contributed by atoms with Gasteiger partial charge in [-0.1, -0.05) is 0 Å². The predicted octanol–water partition coefficient (Wildman–Crippen LogP) is -0.0257. The number of amides is 1. The quantitative estimate of drug-likeness (QED) is 0.787. The first kappa shape index (κ1) is 19.0. The molecule has 0 unspecified atom stereocenters. The average molecular weight is 363 g/mol. The Bertz CT molecular complexity index is 624. The number of nitrogens with zero attached hydrogens (tertiary/aromatic N) is 5. The Balaban J connectivity index is 1.61. The van der Waals surface area contributed by atoms with Gasteiger partial charge in [-0.3, -0.25) is 9.69 Å². The van der Waals surface area contributed by atoms with Gasteiger partial charge in [0.25, 0.3) is 0 Å². The smallest absolute Gasteiger partial charge is 0.248 e. The van der Waals surface area contributed by atoms with Crippen molar-refractivity contribution in [1.82, 2.24) is 19.8 Å². The molecule has 0 saturated carbocycles. The molecule has 8 heteroatoms. The molecule has 2 saturated heterocycles. The predicted molar refractivity (Wildman–Crippen MR) is 97.8 cm³/mol. The highest BCUT2D eigenvalue weighted by Crippen LogP contribution is 2.35. The SMILES string of the molecule is COCC(=O)N1CC[C@]2(O)CCN(Cc3cnc(N(C)C)nc3)C[C@@H]2C1. The molecule has 2 fully saturated rings. The van der Waals surface area contributed by atoms with E-state index in [-0.39, 0.29) is 18.4 Å². The van der Waals surface area contributed by atoms with Gasteiger partial charge in [-0.05, 0) is 12.8 Å². The van der Waals surface area contributed by atoms with Crippen molar-refractivity contribution in [2.75, 3.05) is 58.9 Å². The molecule has 1 amide bonds. The fourth-order valence-corrected chi connectivity index (χ4v) is 3.88. The van der Waals surface area contributed by atoms with Gasteiger partial charge in [0, 0.05) is 77.8 Å². The number of fused-ring (bicyclic) bond motifs is 1. The Labute approximate surface area is 154 Å². The molecular formula is C18H29N5O3. The Morgan fingerprint density at radius 1 is 1.31 bits per heavy atom. The number of likely N-dealkylation sites (tertiary alicyclic amines) is 2. The third-order valence-corrected chi connectivity index (χ3v) is 5.47. The van der Waals surface area contributed by atoms with E-state index in [9.17, 15) is 9.90 Å². The van der Waals surface area contributed by atoms with E-state index in [2.05, 4.69) is 14.9 Å². The van der Waals surface area contributed by atoms with Crippen LogP contribution in [0, 0.1) is 5.92 Å². The van der Waals surface area contributed by atoms with E-state index in [1.807, 2.05) is 36.3 Å². The zero-order chi connectivity index (χ0) is 18.7. The fourth-order valence-electron chi connectivity index (χ4n) is 3.88. The molecule has 3 rings (SSSR count). The Morgan fingerprint density at radius 2 is 2.00 bits per heavy atom. The van der Waals surface area contributed by atoms with E-state index in [4.69, 9.17) is 4.74 Å². The number of carbonyl (C=O) groups is 1. The summed E-state index contributed by atoms with van der Waals surface area (Å²) in [6.07, 6.45) is 5.10. The molecule has 0 aliphatic carbocycles. The molecule has 0 bridgehead atoms. The van der Waals surface area contributed by atoms with Crippen molar-refractivity contribution >= 4 is 11.9 Å². The Kier molecular flexibility index (Phi) is 5.74. The summed E-state index contributed by atoms with van der Waals surface area (Å²) in [7, 11) is 5.37. The van der Waals surface area contributed by atoms with Crippen molar-refractivity contribution in [3.63, 3.8) is 0 Å². The number of piperidine rings is 2. The second-order valence-corrected chi connectivity index (χ2v) is 7.59. The number of anilines is 1. The molecule has 26 heavy (non-hydrogen) atoms. The van der Waals surface area contributed by atoms with Gasteiger partial charge in [0.05, 0.1) is 5.60 Å². The third-order valence-electron chi connectivity index (χ3n) is 5.47. The molecule has 3 heterocycles. The summed E-state index contributed by atoms with van der Waals surface area (Å²) in [5, 5.41) is 11.0. The van der Waals surface area contributed by atoms with Crippen molar-refractivity contribution in [3.05, 3.63) is 18.0 Å². The van der Waals surface area contributed by atoms with Gasteiger partial charge in [-0.2, -0.15) is 0 Å². The molecular weight excluding hydrogens is 334 g/mol. The maximum atomic E-state index is 12.1. The first-order valence-corrected chi connectivity index (χ1v) is 9.11. The van der Waals surface area contributed by atoms with Crippen LogP contribution in [0.3, 0.4) is 0 Å². The molecule has 0 radical (unpaired) electrons. The van der Waals surface area contributed by atoms with Crippen molar-refractivity contribution in [1.29, 1.82) is 0 Å². The topological polar surface area (TPSA) is 82.0 Å². The summed E-state index contributed by atoms with van der Waals surface area (Å²) in [4.78, 5) is 26.9. The minimum Gasteiger partial charge on any atom is -0.389 e. The standard InChI is InChI=1S/C18H29N5O3/c1-21(2)17-19-8-14(9-20-17)10-22-6-4-18(25)5-7-23(12-15(18)11-22)16(24)13-26-3/h8-9,15,25H,4-7,10-13H2,1-3H3/t15-,18-/m1/s1. The van der Waals surface area contributed by atoms with E-state index in [0.29, 0.717) is 25.5 Å². The van der Waals surface area contributed by atoms with Crippen molar-refractivity contribution in [2.24, 2.45) is 5.92 Å². The lowest BCUT2D eigenvalue weighted by Crippen LogP contribution is -2.60. The number of aromatic nitrogens is 2. The van der Waals surface area contributed by atoms with E-state index in [1.165, 1.54) is 7.11 Å². The Morgan fingerprint density at radius 3 is 2.65 bits per heavy atom. The second kappa shape index (κ2) is 7.85. The lowest BCUT2D eigenvalue weighted by atomic mass is 9.75. The number of hydrogen-bond donors (Lipinski definition) is 1. The van der Waals surface area contributed by atoms with Crippen LogP contribution in [0.2, 0.25) is 0 Å².